The molecule has 0 fully saturated rings. The smallest absolute Gasteiger partial charge is 0.303 e. The zero-order valence-electron chi connectivity index (χ0n) is 36.6. The van der Waals surface area contributed by atoms with Crippen molar-refractivity contribution in [2.75, 3.05) is 17.2 Å². The van der Waals surface area contributed by atoms with Crippen LogP contribution in [-0.4, -0.2) is 65.0 Å². The van der Waals surface area contributed by atoms with Gasteiger partial charge in [-0.05, 0) is 116 Å². The summed E-state index contributed by atoms with van der Waals surface area (Å²) in [6, 6.07) is 15.6. The van der Waals surface area contributed by atoms with E-state index in [1.165, 1.54) is 12.1 Å². The molecule has 1 aliphatic carbocycles. The van der Waals surface area contributed by atoms with E-state index in [9.17, 15) is 35.8 Å². The largest absolute Gasteiger partial charge is 0.481 e. The van der Waals surface area contributed by atoms with Crippen LogP contribution in [-0.2, 0) is 50.6 Å². The van der Waals surface area contributed by atoms with Crippen molar-refractivity contribution in [2.24, 2.45) is 7.05 Å². The molecule has 12 nitrogen and oxygen atoms in total. The molecule has 324 valence electrons. The molecule has 0 saturated heterocycles. The molecule has 0 spiro atoms. The van der Waals surface area contributed by atoms with Crippen LogP contribution in [0, 0.1) is 0 Å². The number of fused-ring (bicyclic) bond motifs is 4. The maximum atomic E-state index is 11.9. The Labute approximate surface area is 359 Å². The predicted octanol–water partition coefficient (Wildman–Crippen LogP) is 5.87. The number of hydrogen-bond donors (Lipinski definition) is 3. The minimum atomic E-state index is -4.34. The molecule has 4 aromatic rings. The maximum Gasteiger partial charge on any atom is 0.303 e. The second-order valence-corrected chi connectivity index (χ2v) is 21.6. The lowest BCUT2D eigenvalue weighted by Crippen LogP contribution is -2.50. The van der Waals surface area contributed by atoms with Crippen molar-refractivity contribution in [3.8, 4) is 0 Å². The highest BCUT2D eigenvalue weighted by molar-refractivity contribution is 7.86. The SMILES string of the molecule is CC1=CC(C)(C)N(CCCC(=O)O)c2cc3c(cc21)C(c1n(CCCCS(=O)(=O)O)cc[n+]1C)=c1cc2c(cc1C3(C)C)=[N+](Cc1ccc(S(=O)(=O)O)cc1)C(C)(C)C=C2C. The van der Waals surface area contributed by atoms with E-state index in [-0.39, 0.29) is 22.6 Å². The van der Waals surface area contributed by atoms with Crippen molar-refractivity contribution in [3.63, 3.8) is 0 Å². The molecule has 2 aliphatic heterocycles. The normalized spacial score (nSPS) is 17.5. The van der Waals surface area contributed by atoms with Crippen LogP contribution < -0.4 is 24.6 Å². The highest BCUT2D eigenvalue weighted by Gasteiger charge is 2.42. The van der Waals surface area contributed by atoms with E-state index in [1.54, 1.807) is 12.1 Å². The van der Waals surface area contributed by atoms with Crippen LogP contribution in [0.2, 0.25) is 0 Å². The number of benzene rings is 3. The van der Waals surface area contributed by atoms with Crippen molar-refractivity contribution in [2.45, 2.75) is 116 Å². The summed E-state index contributed by atoms with van der Waals surface area (Å²) in [7, 11) is -6.41. The monoisotopic (exact) mass is 870 g/mol. The molecular formula is C47H58N4O8S2+2. The molecule has 0 saturated carbocycles. The standard InChI is InChI=1S/C47H56N4O8S2/c1-30-27-45(3,4)50(19-12-13-42(52)53)40-25-38-36(23-34(30)40)43(44-48(9)20-21-49(44)18-10-11-22-60(54,55)56)37-24-35-31(2)28-46(5,6)51(41(35)26-39(37)47(38,7)8)29-32-14-16-33(17-15-32)61(57,58)59/h14-17,20-21,23-28H,10-13,18-19,22,29H2,1-9H3,(H-2,52,53,54,55,56,57,58,59)/p+2. The number of anilines is 1. The molecule has 0 radical (unpaired) electrons. The van der Waals surface area contributed by atoms with E-state index >= 15 is 0 Å². The van der Waals surface area contributed by atoms with Crippen LogP contribution in [0.1, 0.15) is 120 Å². The Bertz CT molecular complexity index is 2900. The molecule has 14 heteroatoms. The van der Waals surface area contributed by atoms with Gasteiger partial charge in [0.1, 0.15) is 12.4 Å². The van der Waals surface area contributed by atoms with Crippen LogP contribution in [0.25, 0.3) is 16.7 Å². The lowest BCUT2D eigenvalue weighted by Gasteiger charge is -2.45. The summed E-state index contributed by atoms with van der Waals surface area (Å²) in [5, 5.41) is 11.7. The summed E-state index contributed by atoms with van der Waals surface area (Å²) < 4.78 is 72.7. The molecular weight excluding hydrogens is 813 g/mol. The summed E-state index contributed by atoms with van der Waals surface area (Å²) in [6.07, 6.45) is 9.97. The lowest BCUT2D eigenvalue weighted by atomic mass is 9.68. The molecule has 1 aromatic heterocycles. The van der Waals surface area contributed by atoms with E-state index in [1.807, 2.05) is 19.4 Å². The van der Waals surface area contributed by atoms with E-state index in [4.69, 9.17) is 0 Å². The van der Waals surface area contributed by atoms with Gasteiger partial charge in [0.2, 0.25) is 5.36 Å². The third kappa shape index (κ3) is 8.39. The number of allylic oxidation sites excluding steroid dienone is 2. The molecule has 7 rings (SSSR count). The zero-order valence-corrected chi connectivity index (χ0v) is 38.2. The topological polar surface area (TPSA) is 161 Å². The van der Waals surface area contributed by atoms with Gasteiger partial charge in [0, 0.05) is 60.7 Å². The van der Waals surface area contributed by atoms with Crippen molar-refractivity contribution < 1.29 is 40.4 Å². The number of hydrogen-bond acceptors (Lipinski definition) is 6. The minimum absolute atomic E-state index is 0.0700. The molecule has 0 unspecified atom stereocenters. The Kier molecular flexibility index (Phi) is 11.2. The molecule has 61 heavy (non-hydrogen) atoms. The molecule has 3 aromatic carbocycles. The average Bonchev–Trinajstić information content (AvgIpc) is 3.50. The van der Waals surface area contributed by atoms with E-state index in [0.29, 0.717) is 38.9 Å². The first-order valence-electron chi connectivity index (χ1n) is 20.8. The van der Waals surface area contributed by atoms with Crippen LogP contribution in [0.4, 0.5) is 5.69 Å². The quantitative estimate of drug-likeness (QED) is 0.0849. The molecule has 0 amide bonds. The Hall–Kier alpha value is -4.89. The van der Waals surface area contributed by atoms with Gasteiger partial charge in [0.05, 0.1) is 35.4 Å². The summed E-state index contributed by atoms with van der Waals surface area (Å²) in [6.45, 7) is 19.0. The molecule has 0 bridgehead atoms. The second-order valence-electron chi connectivity index (χ2n) is 18.6. The van der Waals surface area contributed by atoms with Gasteiger partial charge in [-0.3, -0.25) is 13.9 Å². The summed E-state index contributed by atoms with van der Waals surface area (Å²) in [5.74, 6) is -0.174. The predicted molar refractivity (Wildman–Crippen MR) is 238 cm³/mol. The van der Waals surface area contributed by atoms with Gasteiger partial charge < -0.3 is 10.0 Å². The van der Waals surface area contributed by atoms with Gasteiger partial charge in [-0.25, -0.2) is 13.7 Å². The number of carbonyl (C=O) groups is 1. The fraction of sp³-hybridized carbons (Fsp3) is 0.426. The number of imidazole rings is 1. The third-order valence-electron chi connectivity index (χ3n) is 12.8. The number of unbranched alkanes of at least 4 members (excludes halogenated alkanes) is 1. The Balaban J connectivity index is 1.53. The number of aliphatic carboxylic acids is 1. The Morgan fingerprint density at radius 1 is 0.787 bits per heavy atom. The van der Waals surface area contributed by atoms with Gasteiger partial charge in [-0.1, -0.05) is 32.1 Å². The maximum absolute atomic E-state index is 11.9. The minimum Gasteiger partial charge on any atom is -0.481 e. The van der Waals surface area contributed by atoms with E-state index < -0.39 is 37.2 Å². The number of aryl methyl sites for hydroxylation is 2. The zero-order chi connectivity index (χ0) is 44.6. The third-order valence-corrected chi connectivity index (χ3v) is 14.5. The van der Waals surface area contributed by atoms with Gasteiger partial charge in [0.25, 0.3) is 26.1 Å². The number of nitrogens with zero attached hydrogens (tertiary/aromatic N) is 4. The summed E-state index contributed by atoms with van der Waals surface area (Å²) in [5.41, 5.74) is 9.38. The van der Waals surface area contributed by atoms with Crippen molar-refractivity contribution in [1.82, 2.24) is 9.14 Å². The molecule has 0 atom stereocenters. The van der Waals surface area contributed by atoms with Gasteiger partial charge in [-0.15, -0.1) is 0 Å². The number of carboxylic acids is 1. The van der Waals surface area contributed by atoms with Crippen molar-refractivity contribution >= 4 is 48.6 Å². The Morgan fingerprint density at radius 2 is 1.46 bits per heavy atom. The first-order valence-corrected chi connectivity index (χ1v) is 23.8. The average molecular weight is 871 g/mol. The lowest BCUT2D eigenvalue weighted by molar-refractivity contribution is -0.673. The number of rotatable bonds is 13. The fourth-order valence-corrected chi connectivity index (χ4v) is 10.9. The first-order chi connectivity index (χ1) is 28.3. The van der Waals surface area contributed by atoms with Gasteiger partial charge in [-0.2, -0.15) is 16.8 Å². The van der Waals surface area contributed by atoms with E-state index in [2.05, 4.69) is 110 Å². The second kappa shape index (κ2) is 15.5. The highest BCUT2D eigenvalue weighted by atomic mass is 32.2. The molecule has 3 heterocycles. The van der Waals surface area contributed by atoms with Gasteiger partial charge >= 0.3 is 5.97 Å². The molecule has 3 N–H and O–H groups in total. The fourth-order valence-electron chi connectivity index (χ4n) is 9.85. The molecule has 3 aliphatic rings. The number of carboxylic acid groups (broad SMARTS) is 1. The number of aromatic nitrogens is 2. The summed E-state index contributed by atoms with van der Waals surface area (Å²) in [4.78, 5) is 13.8. The van der Waals surface area contributed by atoms with Gasteiger partial charge in [0.15, 0.2) is 12.1 Å². The van der Waals surface area contributed by atoms with Crippen LogP contribution in [0.15, 0.2) is 78.0 Å². The van der Waals surface area contributed by atoms with Crippen LogP contribution in [0.3, 0.4) is 0 Å². The summed E-state index contributed by atoms with van der Waals surface area (Å²) >= 11 is 0. The Morgan fingerprint density at radius 3 is 2.10 bits per heavy atom. The van der Waals surface area contributed by atoms with Crippen LogP contribution >= 0.6 is 0 Å². The highest BCUT2D eigenvalue weighted by Crippen LogP contribution is 2.47. The van der Waals surface area contributed by atoms with Crippen molar-refractivity contribution in [1.29, 1.82) is 0 Å². The van der Waals surface area contributed by atoms with E-state index in [0.717, 1.165) is 72.2 Å². The van der Waals surface area contributed by atoms with Crippen molar-refractivity contribution in [3.05, 3.63) is 123 Å². The first kappa shape index (κ1) is 44.2. The van der Waals surface area contributed by atoms with Crippen LogP contribution in [0.5, 0.6) is 0 Å².